The molecule has 0 aromatic heterocycles. The third kappa shape index (κ3) is 3.48. The van der Waals surface area contributed by atoms with Gasteiger partial charge in [-0.15, -0.1) is 0 Å². The SMILES string of the molecule is CC1CN(C)CCC1NC(=O)c1ccc(N)c(Br)c1. The topological polar surface area (TPSA) is 58.4 Å². The van der Waals surface area contributed by atoms with Crippen LogP contribution in [0.25, 0.3) is 0 Å². The largest absolute Gasteiger partial charge is 0.398 e. The summed E-state index contributed by atoms with van der Waals surface area (Å²) in [5.41, 5.74) is 7.01. The molecule has 1 aliphatic heterocycles. The highest BCUT2D eigenvalue weighted by atomic mass is 79.9. The Labute approximate surface area is 122 Å². The second kappa shape index (κ2) is 5.92. The van der Waals surface area contributed by atoms with Crippen molar-refractivity contribution >= 4 is 27.5 Å². The first-order valence-corrected chi connectivity index (χ1v) is 7.31. The number of benzene rings is 1. The molecule has 1 amide bonds. The van der Waals surface area contributed by atoms with Gasteiger partial charge in [-0.05, 0) is 60.1 Å². The van der Waals surface area contributed by atoms with Gasteiger partial charge in [-0.2, -0.15) is 0 Å². The Morgan fingerprint density at radius 1 is 1.53 bits per heavy atom. The molecule has 2 unspecified atom stereocenters. The van der Waals surface area contributed by atoms with Crippen molar-refractivity contribution in [3.63, 3.8) is 0 Å². The summed E-state index contributed by atoms with van der Waals surface area (Å²) in [5, 5.41) is 3.12. The molecule has 104 valence electrons. The predicted octanol–water partition coefficient (Wildman–Crippen LogP) is 2.10. The van der Waals surface area contributed by atoms with E-state index in [0.29, 0.717) is 17.2 Å². The molecular weight excluding hydrogens is 306 g/mol. The molecule has 2 rings (SSSR count). The summed E-state index contributed by atoms with van der Waals surface area (Å²) in [4.78, 5) is 14.5. The smallest absolute Gasteiger partial charge is 0.251 e. The summed E-state index contributed by atoms with van der Waals surface area (Å²) in [6.45, 7) is 4.23. The lowest BCUT2D eigenvalue weighted by Gasteiger charge is -2.35. The average molecular weight is 326 g/mol. The Bertz CT molecular complexity index is 478. The average Bonchev–Trinajstić information content (AvgIpc) is 2.36. The molecule has 1 heterocycles. The predicted molar refractivity (Wildman–Crippen MR) is 81.1 cm³/mol. The molecular formula is C14H20BrN3O. The van der Waals surface area contributed by atoms with Crippen molar-refractivity contribution in [1.82, 2.24) is 10.2 Å². The number of anilines is 1. The lowest BCUT2D eigenvalue weighted by molar-refractivity contribution is 0.0884. The Hall–Kier alpha value is -1.07. The van der Waals surface area contributed by atoms with E-state index in [0.717, 1.165) is 24.0 Å². The van der Waals surface area contributed by atoms with E-state index in [-0.39, 0.29) is 11.9 Å². The van der Waals surface area contributed by atoms with E-state index in [1.807, 2.05) is 0 Å². The van der Waals surface area contributed by atoms with Crippen molar-refractivity contribution in [2.75, 3.05) is 25.9 Å². The first kappa shape index (κ1) is 14.3. The van der Waals surface area contributed by atoms with Crippen LogP contribution >= 0.6 is 15.9 Å². The lowest BCUT2D eigenvalue weighted by Crippen LogP contribution is -2.48. The molecule has 1 aromatic rings. The standard InChI is InChI=1S/C14H20BrN3O/c1-9-8-18(2)6-5-13(9)17-14(19)10-3-4-12(16)11(15)7-10/h3-4,7,9,13H,5-6,8,16H2,1-2H3,(H,17,19). The highest BCUT2D eigenvalue weighted by molar-refractivity contribution is 9.10. The van der Waals surface area contributed by atoms with E-state index < -0.39 is 0 Å². The third-order valence-electron chi connectivity index (χ3n) is 3.69. The zero-order valence-corrected chi connectivity index (χ0v) is 12.9. The highest BCUT2D eigenvalue weighted by Crippen LogP contribution is 2.21. The van der Waals surface area contributed by atoms with Gasteiger partial charge in [-0.3, -0.25) is 4.79 Å². The van der Waals surface area contributed by atoms with E-state index >= 15 is 0 Å². The lowest BCUT2D eigenvalue weighted by atomic mass is 9.94. The first-order chi connectivity index (χ1) is 8.97. The number of rotatable bonds is 2. The van der Waals surface area contributed by atoms with E-state index in [4.69, 9.17) is 5.73 Å². The molecule has 0 spiro atoms. The van der Waals surface area contributed by atoms with Gasteiger partial charge in [0.25, 0.3) is 5.91 Å². The Balaban J connectivity index is 2.02. The van der Waals surface area contributed by atoms with Crippen LogP contribution in [0.1, 0.15) is 23.7 Å². The van der Waals surface area contributed by atoms with Crippen LogP contribution in [0.15, 0.2) is 22.7 Å². The zero-order chi connectivity index (χ0) is 14.0. The van der Waals surface area contributed by atoms with Gasteiger partial charge in [0.05, 0.1) is 0 Å². The quantitative estimate of drug-likeness (QED) is 0.819. The summed E-state index contributed by atoms with van der Waals surface area (Å²) in [7, 11) is 2.12. The van der Waals surface area contributed by atoms with Crippen LogP contribution in [0.3, 0.4) is 0 Å². The van der Waals surface area contributed by atoms with Crippen molar-refractivity contribution in [1.29, 1.82) is 0 Å². The van der Waals surface area contributed by atoms with Gasteiger partial charge in [0.1, 0.15) is 0 Å². The highest BCUT2D eigenvalue weighted by Gasteiger charge is 2.25. The molecule has 3 N–H and O–H groups in total. The van der Waals surface area contributed by atoms with Crippen molar-refractivity contribution in [3.8, 4) is 0 Å². The molecule has 1 saturated heterocycles. The van der Waals surface area contributed by atoms with Gasteiger partial charge >= 0.3 is 0 Å². The van der Waals surface area contributed by atoms with Crippen LogP contribution in [-0.2, 0) is 0 Å². The fraction of sp³-hybridized carbons (Fsp3) is 0.500. The van der Waals surface area contributed by atoms with E-state index in [1.54, 1.807) is 18.2 Å². The number of halogens is 1. The number of hydrogen-bond donors (Lipinski definition) is 2. The number of carbonyl (C=O) groups is 1. The molecule has 0 aliphatic carbocycles. The van der Waals surface area contributed by atoms with Gasteiger partial charge in [0.2, 0.25) is 0 Å². The molecule has 4 nitrogen and oxygen atoms in total. The van der Waals surface area contributed by atoms with Crippen LogP contribution in [0.4, 0.5) is 5.69 Å². The third-order valence-corrected chi connectivity index (χ3v) is 4.37. The van der Waals surface area contributed by atoms with Crippen molar-refractivity contribution in [2.45, 2.75) is 19.4 Å². The van der Waals surface area contributed by atoms with Gasteiger partial charge in [0, 0.05) is 28.3 Å². The van der Waals surface area contributed by atoms with Crippen molar-refractivity contribution in [2.24, 2.45) is 5.92 Å². The van der Waals surface area contributed by atoms with Crippen LogP contribution < -0.4 is 11.1 Å². The fourth-order valence-corrected chi connectivity index (χ4v) is 2.87. The Kier molecular flexibility index (Phi) is 4.47. The summed E-state index contributed by atoms with van der Waals surface area (Å²) >= 11 is 3.35. The van der Waals surface area contributed by atoms with Crippen molar-refractivity contribution in [3.05, 3.63) is 28.2 Å². The monoisotopic (exact) mass is 325 g/mol. The van der Waals surface area contributed by atoms with Gasteiger partial charge < -0.3 is 16.0 Å². The minimum absolute atomic E-state index is 0.0258. The van der Waals surface area contributed by atoms with Crippen LogP contribution in [0.2, 0.25) is 0 Å². The molecule has 19 heavy (non-hydrogen) atoms. The number of hydrogen-bond acceptors (Lipinski definition) is 3. The molecule has 1 fully saturated rings. The maximum atomic E-state index is 12.2. The number of piperidine rings is 1. The summed E-state index contributed by atoms with van der Waals surface area (Å²) in [6, 6.07) is 5.52. The molecule has 0 radical (unpaired) electrons. The number of nitrogens with two attached hydrogens (primary N) is 1. The molecule has 2 atom stereocenters. The number of nitrogens with zero attached hydrogens (tertiary/aromatic N) is 1. The minimum Gasteiger partial charge on any atom is -0.398 e. The second-order valence-corrected chi connectivity index (χ2v) is 6.20. The summed E-state index contributed by atoms with van der Waals surface area (Å²) < 4.78 is 0.761. The van der Waals surface area contributed by atoms with Gasteiger partial charge in [-0.25, -0.2) is 0 Å². The molecule has 1 aliphatic rings. The van der Waals surface area contributed by atoms with Crippen LogP contribution in [-0.4, -0.2) is 37.0 Å². The number of nitrogens with one attached hydrogen (secondary N) is 1. The van der Waals surface area contributed by atoms with E-state index in [2.05, 4.69) is 40.1 Å². The van der Waals surface area contributed by atoms with Crippen LogP contribution in [0.5, 0.6) is 0 Å². The Morgan fingerprint density at radius 3 is 2.89 bits per heavy atom. The number of likely N-dealkylation sites (tertiary alicyclic amines) is 1. The molecule has 0 saturated carbocycles. The summed E-state index contributed by atoms with van der Waals surface area (Å²) in [5.74, 6) is 0.446. The van der Waals surface area contributed by atoms with E-state index in [9.17, 15) is 4.79 Å². The second-order valence-electron chi connectivity index (χ2n) is 5.34. The molecule has 5 heteroatoms. The normalized spacial score (nSPS) is 24.2. The fourth-order valence-electron chi connectivity index (χ4n) is 2.49. The summed E-state index contributed by atoms with van der Waals surface area (Å²) in [6.07, 6.45) is 1.000. The van der Waals surface area contributed by atoms with Gasteiger partial charge in [0.15, 0.2) is 0 Å². The number of amides is 1. The van der Waals surface area contributed by atoms with Crippen LogP contribution in [0, 0.1) is 5.92 Å². The Morgan fingerprint density at radius 2 is 2.26 bits per heavy atom. The maximum absolute atomic E-state index is 12.2. The zero-order valence-electron chi connectivity index (χ0n) is 11.3. The molecule has 1 aromatic carbocycles. The molecule has 0 bridgehead atoms. The maximum Gasteiger partial charge on any atom is 0.251 e. The number of nitrogen functional groups attached to an aromatic ring is 1. The van der Waals surface area contributed by atoms with Gasteiger partial charge in [-0.1, -0.05) is 6.92 Å². The van der Waals surface area contributed by atoms with E-state index in [1.165, 1.54) is 0 Å². The van der Waals surface area contributed by atoms with Crippen molar-refractivity contribution < 1.29 is 4.79 Å². The first-order valence-electron chi connectivity index (χ1n) is 6.52. The minimum atomic E-state index is -0.0258. The number of carbonyl (C=O) groups excluding carboxylic acids is 1.